The van der Waals surface area contributed by atoms with Gasteiger partial charge in [0.05, 0.1) is 0 Å². The van der Waals surface area contributed by atoms with E-state index in [2.05, 4.69) is 0 Å². The first-order valence-corrected chi connectivity index (χ1v) is 20.7. The molecule has 352 valence electrons. The molecule has 0 amide bonds. The Balaban J connectivity index is -0.000000679. The summed E-state index contributed by atoms with van der Waals surface area (Å²) in [6.07, 6.45) is -5.49. The van der Waals surface area contributed by atoms with E-state index in [-0.39, 0.29) is 18.6 Å². The van der Waals surface area contributed by atoms with Gasteiger partial charge in [-0.25, -0.2) is 0 Å². The quantitative estimate of drug-likeness (QED) is 0.105. The van der Waals surface area contributed by atoms with Gasteiger partial charge in [0.15, 0.2) is 37.7 Å². The Morgan fingerprint density at radius 2 is 0.462 bits per heavy atom. The molecule has 1 saturated heterocycles. The van der Waals surface area contributed by atoms with E-state index in [1.54, 1.807) is 146 Å². The molecule has 16 nitrogen and oxygen atoms in total. The molecule has 1 radical (unpaired) electrons. The van der Waals surface area contributed by atoms with Crippen LogP contribution in [0.3, 0.4) is 0 Å². The van der Waals surface area contributed by atoms with Gasteiger partial charge in [0.25, 0.3) is 0 Å². The summed E-state index contributed by atoms with van der Waals surface area (Å²) < 4.78 is 28.8. The SMILES string of the molecule is C1CCOC1.OC(O)c1ccccc1.OC(O)c1ccccc1.OC(O)c1ccccc1.OC(O)c1ccccc1.OC(O)c1ccccc1.OC(O)c1ccccc1.[O]=[V].[O]=[V][OH].[V]. The van der Waals surface area contributed by atoms with Crippen LogP contribution in [0.1, 0.15) is 84.0 Å². The largest absolute Gasteiger partial charge is 0 e. The molecule has 0 unspecified atom stereocenters. The summed E-state index contributed by atoms with van der Waals surface area (Å²) >= 11 is -0.500. The molecule has 1 fully saturated rings. The Kier molecular flexibility index (Phi) is 45.6. The molecule has 1 heterocycles. The molecule has 0 bridgehead atoms. The third-order valence-electron chi connectivity index (χ3n) is 7.41. The summed E-state index contributed by atoms with van der Waals surface area (Å²) in [5.74, 6) is 0. The Morgan fingerprint density at radius 1 is 0.338 bits per heavy atom. The summed E-state index contributed by atoms with van der Waals surface area (Å²) in [7, 11) is 0. The smallest absolute Gasteiger partial charge is 0 e. The molecular weight excluding hydrogens is 961 g/mol. The van der Waals surface area contributed by atoms with Crippen molar-refractivity contribution in [1.29, 1.82) is 0 Å². The van der Waals surface area contributed by atoms with Crippen molar-refractivity contribution in [3.63, 3.8) is 0 Å². The molecule has 65 heavy (non-hydrogen) atoms. The minimum Gasteiger partial charge on any atom is 0 e. The van der Waals surface area contributed by atoms with Gasteiger partial charge in [0.1, 0.15) is 0 Å². The van der Waals surface area contributed by atoms with E-state index in [1.165, 1.54) is 12.8 Å². The summed E-state index contributed by atoms with van der Waals surface area (Å²) in [5, 5.41) is 103. The van der Waals surface area contributed by atoms with Gasteiger partial charge < -0.3 is 66.0 Å². The van der Waals surface area contributed by atoms with Gasteiger partial charge in [0.2, 0.25) is 0 Å². The Morgan fingerprint density at radius 3 is 0.523 bits per heavy atom. The molecule has 7 rings (SSSR count). The van der Waals surface area contributed by atoms with Gasteiger partial charge in [-0.2, -0.15) is 0 Å². The van der Waals surface area contributed by atoms with Crippen molar-refractivity contribution < 1.29 is 130 Å². The number of hydrogen-bond donors (Lipinski definition) is 13. The van der Waals surface area contributed by atoms with Crippen molar-refractivity contribution in [3.05, 3.63) is 215 Å². The molecule has 0 aromatic heterocycles. The van der Waals surface area contributed by atoms with E-state index in [4.69, 9.17) is 77.4 Å². The number of hydrogen-bond acceptors (Lipinski definition) is 15. The van der Waals surface area contributed by atoms with Gasteiger partial charge in [-0.15, -0.1) is 0 Å². The molecule has 6 aromatic rings. The second-order valence-corrected chi connectivity index (χ2v) is 12.4. The summed E-state index contributed by atoms with van der Waals surface area (Å²) in [6.45, 7) is 2.00. The minimum absolute atomic E-state index is 0. The van der Waals surface area contributed by atoms with Crippen LogP contribution in [0.25, 0.3) is 0 Å². The predicted molar refractivity (Wildman–Crippen MR) is 225 cm³/mol. The minimum atomic E-state index is -1.56. The molecule has 1 aliphatic heterocycles. The van der Waals surface area contributed by atoms with E-state index >= 15 is 0 Å². The second-order valence-electron chi connectivity index (χ2n) is 12.1. The van der Waals surface area contributed by atoms with Crippen LogP contribution in [0.4, 0.5) is 0 Å². The molecule has 0 atom stereocenters. The number of benzene rings is 6. The topological polar surface area (TPSA) is 306 Å². The van der Waals surface area contributed by atoms with Crippen LogP contribution in [0.2, 0.25) is 0 Å². The zero-order valence-electron chi connectivity index (χ0n) is 35.0. The van der Waals surface area contributed by atoms with E-state index in [0.717, 1.165) is 30.6 Å². The number of aliphatic hydroxyl groups excluding tert-OH is 6. The van der Waals surface area contributed by atoms with Crippen molar-refractivity contribution >= 4 is 0 Å². The molecular formula is C46H57O16V3. The van der Waals surface area contributed by atoms with Gasteiger partial charge in [0, 0.05) is 65.2 Å². The van der Waals surface area contributed by atoms with Crippen LogP contribution in [-0.2, 0) is 64.6 Å². The van der Waals surface area contributed by atoms with Gasteiger partial charge in [-0.05, 0) is 12.8 Å². The van der Waals surface area contributed by atoms with Crippen LogP contribution in [0, 0.1) is 0 Å². The molecule has 6 aromatic carbocycles. The summed E-state index contributed by atoms with van der Waals surface area (Å²) in [5.41, 5.74) is 3.15. The second kappa shape index (κ2) is 45.3. The maximum absolute atomic E-state index is 8.58. The van der Waals surface area contributed by atoms with Crippen LogP contribution in [-0.4, -0.2) is 78.5 Å². The third kappa shape index (κ3) is 38.0. The van der Waals surface area contributed by atoms with Gasteiger partial charge in [-0.3, -0.25) is 0 Å². The van der Waals surface area contributed by atoms with E-state index in [9.17, 15) is 0 Å². The molecule has 19 heteroatoms. The van der Waals surface area contributed by atoms with Crippen molar-refractivity contribution in [2.45, 2.75) is 50.6 Å². The third-order valence-corrected chi connectivity index (χ3v) is 7.41. The Bertz CT molecular complexity index is 1520. The first kappa shape index (κ1) is 65.4. The fourth-order valence-electron chi connectivity index (χ4n) is 4.26. The standard InChI is InChI=1S/6C7H8O2.C4H8O.H2O.2O.3V/c6*8-7(9)6-4-2-1-3-5-6;1-2-4-5-3-1;;;;;;/h6*1-5,7-9H;1-4H2;1H2;;;;;/q;;;;;;;;;;;;+1/p-1. The summed E-state index contributed by atoms with van der Waals surface area (Å²) in [4.78, 5) is 0. The van der Waals surface area contributed by atoms with Crippen LogP contribution in [0.15, 0.2) is 182 Å². The molecule has 0 spiro atoms. The van der Waals surface area contributed by atoms with Crippen molar-refractivity contribution in [2.75, 3.05) is 13.2 Å². The fraction of sp³-hybridized carbons (Fsp3) is 0.217. The van der Waals surface area contributed by atoms with Crippen LogP contribution < -0.4 is 0 Å². The maximum Gasteiger partial charge on any atom is 0 e. The molecule has 13 N–H and O–H groups in total. The monoisotopic (exact) mass is 1020 g/mol. The Hall–Kier alpha value is -3.89. The van der Waals surface area contributed by atoms with Crippen molar-refractivity contribution in [1.82, 2.24) is 0 Å². The number of aliphatic hydroxyl groups is 12. The van der Waals surface area contributed by atoms with E-state index < -0.39 is 54.3 Å². The number of rotatable bonds is 6. The Labute approximate surface area is 406 Å². The summed E-state index contributed by atoms with van der Waals surface area (Å²) in [6, 6.07) is 51.9. The first-order chi connectivity index (χ1) is 30.7. The average molecular weight is 1020 g/mol. The van der Waals surface area contributed by atoms with Gasteiger partial charge in [-0.1, -0.05) is 182 Å². The number of ether oxygens (including phenoxy) is 1. The molecule has 1 aliphatic rings. The van der Waals surface area contributed by atoms with Crippen LogP contribution in [0.5, 0.6) is 0 Å². The average Bonchev–Trinajstić information content (AvgIpc) is 3.94. The molecule has 0 aliphatic carbocycles. The zero-order valence-corrected chi connectivity index (χ0v) is 39.2. The molecule has 0 saturated carbocycles. The fourth-order valence-corrected chi connectivity index (χ4v) is 4.26. The normalized spacial score (nSPS) is 10.5. The predicted octanol–water partition coefficient (Wildman–Crippen LogP) is 4.01. The van der Waals surface area contributed by atoms with Crippen LogP contribution >= 0.6 is 0 Å². The van der Waals surface area contributed by atoms with Gasteiger partial charge >= 0.3 is 45.3 Å². The van der Waals surface area contributed by atoms with Crippen molar-refractivity contribution in [3.8, 4) is 0 Å². The maximum atomic E-state index is 8.58. The van der Waals surface area contributed by atoms with Crippen molar-refractivity contribution in [2.24, 2.45) is 0 Å². The van der Waals surface area contributed by atoms with E-state index in [1.807, 2.05) is 36.4 Å². The first-order valence-electron chi connectivity index (χ1n) is 18.9. The van der Waals surface area contributed by atoms with E-state index in [0.29, 0.717) is 33.4 Å². The zero-order chi connectivity index (χ0) is 48.4.